The summed E-state index contributed by atoms with van der Waals surface area (Å²) >= 11 is 0. The van der Waals surface area contributed by atoms with Gasteiger partial charge in [0.05, 0.1) is 0 Å². The molecular formula is C29H32N4O3. The van der Waals surface area contributed by atoms with Gasteiger partial charge in [-0.05, 0) is 42.0 Å². The number of nitrogens with one attached hydrogen (secondary N) is 1. The van der Waals surface area contributed by atoms with Gasteiger partial charge in [-0.15, -0.1) is 0 Å². The molecule has 0 bridgehead atoms. The van der Waals surface area contributed by atoms with Crippen LogP contribution in [0.25, 0.3) is 0 Å². The highest BCUT2D eigenvalue weighted by molar-refractivity contribution is 5.95. The van der Waals surface area contributed by atoms with Crippen molar-refractivity contribution in [3.63, 3.8) is 0 Å². The average Bonchev–Trinajstić information content (AvgIpc) is 2.89. The van der Waals surface area contributed by atoms with E-state index in [9.17, 15) is 9.59 Å². The van der Waals surface area contributed by atoms with Gasteiger partial charge in [0.25, 0.3) is 0 Å². The van der Waals surface area contributed by atoms with Gasteiger partial charge in [0, 0.05) is 34.7 Å². The Morgan fingerprint density at radius 1 is 0.694 bits per heavy atom. The van der Waals surface area contributed by atoms with E-state index in [1.165, 1.54) is 0 Å². The molecule has 0 saturated carbocycles. The molecule has 0 aromatic heterocycles. The fraction of sp³-hybridized carbons (Fsp3) is 0.103. The lowest BCUT2D eigenvalue weighted by Crippen LogP contribution is -2.13. The molecular weight excluding hydrogens is 452 g/mol. The minimum Gasteiger partial charge on any atom is -0.444 e. The Labute approximate surface area is 211 Å². The zero-order chi connectivity index (χ0) is 26.2. The number of ether oxygens (including phenoxy) is 1. The van der Waals surface area contributed by atoms with E-state index in [-0.39, 0.29) is 12.4 Å². The maximum Gasteiger partial charge on any atom is 0.411 e. The van der Waals surface area contributed by atoms with Crippen LogP contribution < -0.4 is 22.5 Å². The van der Waals surface area contributed by atoms with Crippen LogP contribution in [0.3, 0.4) is 0 Å². The van der Waals surface area contributed by atoms with Gasteiger partial charge in [-0.2, -0.15) is 0 Å². The number of nitrogens with two attached hydrogens (primary N) is 3. The normalized spacial score (nSPS) is 9.47. The molecule has 0 atom stereocenters. The van der Waals surface area contributed by atoms with Crippen LogP contribution in [0.15, 0.2) is 109 Å². The second-order valence-corrected chi connectivity index (χ2v) is 7.63. The van der Waals surface area contributed by atoms with Gasteiger partial charge in [0.2, 0.25) is 0 Å². The van der Waals surface area contributed by atoms with Gasteiger partial charge in [-0.1, -0.05) is 79.7 Å². The third kappa shape index (κ3) is 10.9. The van der Waals surface area contributed by atoms with E-state index in [4.69, 9.17) is 21.9 Å². The first-order valence-corrected chi connectivity index (χ1v) is 11.4. The van der Waals surface area contributed by atoms with Crippen molar-refractivity contribution in [2.75, 3.05) is 22.5 Å². The topological polar surface area (TPSA) is 133 Å². The summed E-state index contributed by atoms with van der Waals surface area (Å²) < 4.78 is 5.08. The predicted molar refractivity (Wildman–Crippen MR) is 147 cm³/mol. The molecule has 0 aliphatic rings. The summed E-state index contributed by atoms with van der Waals surface area (Å²) in [5.74, 6) is 0.209. The number of benzene rings is 4. The predicted octanol–water partition coefficient (Wildman–Crippen LogP) is 6.15. The molecule has 0 spiro atoms. The van der Waals surface area contributed by atoms with Crippen LogP contribution in [0.5, 0.6) is 0 Å². The Balaban J connectivity index is 0.000000213. The van der Waals surface area contributed by atoms with Crippen LogP contribution in [0.4, 0.5) is 27.5 Å². The van der Waals surface area contributed by atoms with Gasteiger partial charge in [-0.25, -0.2) is 4.79 Å². The molecule has 4 rings (SSSR count). The zero-order valence-electron chi connectivity index (χ0n) is 20.3. The first-order valence-electron chi connectivity index (χ1n) is 11.4. The molecule has 4 aromatic rings. The van der Waals surface area contributed by atoms with E-state index in [0.717, 1.165) is 11.1 Å². The van der Waals surface area contributed by atoms with Gasteiger partial charge >= 0.3 is 6.09 Å². The molecule has 4 aromatic carbocycles. The molecule has 0 aliphatic carbocycles. The smallest absolute Gasteiger partial charge is 0.411 e. The van der Waals surface area contributed by atoms with Crippen LogP contribution in [0.1, 0.15) is 29.3 Å². The Bertz CT molecular complexity index is 1200. The average molecular weight is 485 g/mol. The van der Waals surface area contributed by atoms with Gasteiger partial charge in [0.1, 0.15) is 6.61 Å². The Kier molecular flexibility index (Phi) is 11.6. The van der Waals surface area contributed by atoms with Crippen molar-refractivity contribution >= 4 is 34.6 Å². The van der Waals surface area contributed by atoms with Crippen LogP contribution >= 0.6 is 0 Å². The summed E-state index contributed by atoms with van der Waals surface area (Å²) in [4.78, 5) is 22.5. The number of rotatable bonds is 5. The zero-order valence-corrected chi connectivity index (χ0v) is 20.3. The molecule has 36 heavy (non-hydrogen) atoms. The maximum atomic E-state index is 11.5. The molecule has 7 nitrogen and oxygen atoms in total. The SMILES string of the molecule is CCC(=O)c1ccccc1.Nc1cccc(N)c1.Nc1cccc(NC(=O)OCc2ccccc2)c1. The number of carbonyl (C=O) groups is 2. The van der Waals surface area contributed by atoms with E-state index >= 15 is 0 Å². The molecule has 0 radical (unpaired) electrons. The van der Waals surface area contributed by atoms with E-state index in [2.05, 4.69) is 5.32 Å². The molecule has 186 valence electrons. The van der Waals surface area contributed by atoms with Crippen molar-refractivity contribution in [1.29, 1.82) is 0 Å². The molecule has 0 aliphatic heterocycles. The molecule has 0 saturated heterocycles. The number of Topliss-reactive ketones (excluding diaryl/α,β-unsaturated/α-hetero) is 1. The Hall–Kier alpha value is -4.78. The molecule has 7 N–H and O–H groups in total. The van der Waals surface area contributed by atoms with E-state index in [1.807, 2.05) is 73.7 Å². The standard InChI is InChI=1S/C14H14N2O2.C9H10O.C6H8N2/c15-12-7-4-8-13(9-12)16-14(17)18-10-11-5-2-1-3-6-11;1-2-9(10)8-6-4-3-5-7-8;7-5-2-1-3-6(8)4-5/h1-9H,10,15H2,(H,16,17);3-7H,2H2,1H3;1-4H,7-8H2. The lowest BCUT2D eigenvalue weighted by atomic mass is 10.1. The first kappa shape index (κ1) is 27.5. The fourth-order valence-corrected chi connectivity index (χ4v) is 2.88. The van der Waals surface area contributed by atoms with E-state index < -0.39 is 6.09 Å². The molecule has 0 fully saturated rings. The van der Waals surface area contributed by atoms with Gasteiger partial charge in [0.15, 0.2) is 5.78 Å². The number of ketones is 1. The van der Waals surface area contributed by atoms with Crippen molar-refractivity contribution in [3.8, 4) is 0 Å². The molecule has 0 unspecified atom stereocenters. The highest BCUT2D eigenvalue weighted by Crippen LogP contribution is 2.12. The van der Waals surface area contributed by atoms with Crippen LogP contribution in [-0.2, 0) is 11.3 Å². The lowest BCUT2D eigenvalue weighted by molar-refractivity contribution is 0.0988. The van der Waals surface area contributed by atoms with Crippen molar-refractivity contribution < 1.29 is 14.3 Å². The second-order valence-electron chi connectivity index (χ2n) is 7.63. The van der Waals surface area contributed by atoms with Gasteiger partial charge in [-0.3, -0.25) is 10.1 Å². The summed E-state index contributed by atoms with van der Waals surface area (Å²) in [6.07, 6.45) is 0.0914. The highest BCUT2D eigenvalue weighted by atomic mass is 16.5. The minimum absolute atomic E-state index is 0.209. The van der Waals surface area contributed by atoms with Crippen molar-refractivity contribution in [1.82, 2.24) is 0 Å². The number of nitrogen functional groups attached to an aromatic ring is 3. The Morgan fingerprint density at radius 2 is 1.22 bits per heavy atom. The molecule has 7 heteroatoms. The van der Waals surface area contributed by atoms with Crippen LogP contribution in [0.2, 0.25) is 0 Å². The van der Waals surface area contributed by atoms with Gasteiger partial charge < -0.3 is 21.9 Å². The van der Waals surface area contributed by atoms with Crippen molar-refractivity contribution in [2.24, 2.45) is 0 Å². The maximum absolute atomic E-state index is 11.5. The second kappa shape index (κ2) is 15.2. The van der Waals surface area contributed by atoms with Crippen LogP contribution in [-0.4, -0.2) is 11.9 Å². The largest absolute Gasteiger partial charge is 0.444 e. The summed E-state index contributed by atoms with van der Waals surface area (Å²) in [5.41, 5.74) is 20.8. The number of amides is 1. The summed E-state index contributed by atoms with van der Waals surface area (Å²) in [5, 5.41) is 2.61. The summed E-state index contributed by atoms with van der Waals surface area (Å²) in [6, 6.07) is 32.9. The Morgan fingerprint density at radius 3 is 1.72 bits per heavy atom. The summed E-state index contributed by atoms with van der Waals surface area (Å²) in [7, 11) is 0. The molecule has 1 amide bonds. The number of carbonyl (C=O) groups excluding carboxylic acids is 2. The third-order valence-electron chi connectivity index (χ3n) is 4.67. The van der Waals surface area contributed by atoms with E-state index in [0.29, 0.717) is 29.2 Å². The summed E-state index contributed by atoms with van der Waals surface area (Å²) in [6.45, 7) is 2.12. The minimum atomic E-state index is -0.496. The fourth-order valence-electron chi connectivity index (χ4n) is 2.88. The quantitative estimate of drug-likeness (QED) is 0.198. The number of anilines is 4. The number of hydrogen-bond acceptors (Lipinski definition) is 6. The van der Waals surface area contributed by atoms with E-state index in [1.54, 1.807) is 42.5 Å². The molecule has 0 heterocycles. The lowest BCUT2D eigenvalue weighted by Gasteiger charge is -2.07. The monoisotopic (exact) mass is 484 g/mol. The first-order chi connectivity index (χ1) is 17.4. The number of hydrogen-bond donors (Lipinski definition) is 4. The van der Waals surface area contributed by atoms with Crippen molar-refractivity contribution in [3.05, 3.63) is 120 Å². The highest BCUT2D eigenvalue weighted by Gasteiger charge is 2.03. The third-order valence-corrected chi connectivity index (χ3v) is 4.67. The van der Waals surface area contributed by atoms with Crippen molar-refractivity contribution in [2.45, 2.75) is 20.0 Å². The van der Waals surface area contributed by atoms with Crippen LogP contribution in [0, 0.1) is 0 Å².